The molecule has 0 fully saturated rings. The Labute approximate surface area is 91.4 Å². The topological polar surface area (TPSA) is 53.3 Å². The molecule has 1 heterocycles. The van der Waals surface area contributed by atoms with Crippen LogP contribution in [-0.2, 0) is 4.74 Å². The molecule has 0 aliphatic rings. The van der Waals surface area contributed by atoms with Gasteiger partial charge in [0.25, 0.3) is 0 Å². The van der Waals surface area contributed by atoms with Gasteiger partial charge in [0.15, 0.2) is 11.2 Å². The van der Waals surface area contributed by atoms with Crippen LogP contribution < -0.4 is 0 Å². The van der Waals surface area contributed by atoms with E-state index in [-0.39, 0.29) is 23.4 Å². The standard InChI is InChI=1S/C8H10FNO2S.ClH/c1-2-12-8(10)7(11)5-3-6(9)13-4-5;/h3-4,7,10-11H,2H2,1H3;1H. The van der Waals surface area contributed by atoms with Gasteiger partial charge in [-0.3, -0.25) is 5.41 Å². The van der Waals surface area contributed by atoms with Crippen LogP contribution >= 0.6 is 23.7 Å². The van der Waals surface area contributed by atoms with E-state index < -0.39 is 6.10 Å². The number of hydrogen-bond acceptors (Lipinski definition) is 4. The van der Waals surface area contributed by atoms with E-state index in [1.165, 1.54) is 11.4 Å². The summed E-state index contributed by atoms with van der Waals surface area (Å²) in [6, 6.07) is 1.20. The molecule has 0 saturated heterocycles. The van der Waals surface area contributed by atoms with Crippen LogP contribution in [0.3, 0.4) is 0 Å². The molecule has 0 radical (unpaired) electrons. The van der Waals surface area contributed by atoms with E-state index in [0.717, 1.165) is 11.3 Å². The van der Waals surface area contributed by atoms with Gasteiger partial charge in [0.2, 0.25) is 5.90 Å². The maximum atomic E-state index is 12.5. The van der Waals surface area contributed by atoms with E-state index >= 15 is 0 Å². The average Bonchev–Trinajstić information content (AvgIpc) is 2.51. The normalized spacial score (nSPS) is 11.6. The Bertz CT molecular complexity index is 305. The maximum absolute atomic E-state index is 12.5. The Balaban J connectivity index is 0.00000169. The van der Waals surface area contributed by atoms with Crippen molar-refractivity contribution in [2.75, 3.05) is 6.61 Å². The summed E-state index contributed by atoms with van der Waals surface area (Å²) < 4.78 is 17.3. The van der Waals surface area contributed by atoms with Gasteiger partial charge in [0.05, 0.1) is 6.61 Å². The van der Waals surface area contributed by atoms with Gasteiger partial charge in [-0.2, -0.15) is 4.39 Å². The van der Waals surface area contributed by atoms with Crippen molar-refractivity contribution in [3.63, 3.8) is 0 Å². The summed E-state index contributed by atoms with van der Waals surface area (Å²) in [5, 5.41) is 17.8. The molecule has 1 aromatic heterocycles. The first-order valence-electron chi connectivity index (χ1n) is 3.78. The number of hydrogen-bond donors (Lipinski definition) is 2. The molecule has 3 nitrogen and oxygen atoms in total. The number of aliphatic hydroxyl groups is 1. The highest BCUT2D eigenvalue weighted by molar-refractivity contribution is 7.08. The summed E-state index contributed by atoms with van der Waals surface area (Å²) in [6.07, 6.45) is -1.15. The lowest BCUT2D eigenvalue weighted by molar-refractivity contribution is 0.190. The minimum absolute atomic E-state index is 0. The monoisotopic (exact) mass is 239 g/mol. The maximum Gasteiger partial charge on any atom is 0.214 e. The van der Waals surface area contributed by atoms with E-state index in [0.29, 0.717) is 12.2 Å². The van der Waals surface area contributed by atoms with Gasteiger partial charge >= 0.3 is 0 Å². The summed E-state index contributed by atoms with van der Waals surface area (Å²) >= 11 is 0.889. The Morgan fingerprint density at radius 1 is 1.79 bits per heavy atom. The molecule has 1 aromatic rings. The van der Waals surface area contributed by atoms with Crippen LogP contribution in [0.1, 0.15) is 18.6 Å². The molecule has 2 N–H and O–H groups in total. The fraction of sp³-hybridized carbons (Fsp3) is 0.375. The molecule has 0 aliphatic carbocycles. The van der Waals surface area contributed by atoms with Gasteiger partial charge < -0.3 is 9.84 Å². The minimum atomic E-state index is -1.15. The predicted octanol–water partition coefficient (Wildman–Crippen LogP) is 2.36. The van der Waals surface area contributed by atoms with Crippen LogP contribution in [0.25, 0.3) is 0 Å². The summed E-state index contributed by atoms with van der Waals surface area (Å²) in [7, 11) is 0. The summed E-state index contributed by atoms with van der Waals surface area (Å²) in [4.78, 5) is 0. The quantitative estimate of drug-likeness (QED) is 0.629. The van der Waals surface area contributed by atoms with Crippen LogP contribution in [0.5, 0.6) is 0 Å². The number of thiophene rings is 1. The van der Waals surface area contributed by atoms with Gasteiger partial charge in [0.1, 0.15) is 0 Å². The lowest BCUT2D eigenvalue weighted by Gasteiger charge is -2.09. The van der Waals surface area contributed by atoms with Crippen LogP contribution in [0.15, 0.2) is 11.4 Å². The van der Waals surface area contributed by atoms with Crippen LogP contribution in [-0.4, -0.2) is 17.6 Å². The van der Waals surface area contributed by atoms with Crippen molar-refractivity contribution >= 4 is 29.6 Å². The third-order valence-corrected chi connectivity index (χ3v) is 2.18. The van der Waals surface area contributed by atoms with Gasteiger partial charge in [-0.25, -0.2) is 0 Å². The van der Waals surface area contributed by atoms with E-state index in [1.807, 2.05) is 0 Å². The molecule has 1 unspecified atom stereocenters. The fourth-order valence-corrected chi connectivity index (χ4v) is 1.50. The molecule has 0 bridgehead atoms. The van der Waals surface area contributed by atoms with Crippen molar-refractivity contribution in [1.29, 1.82) is 5.41 Å². The van der Waals surface area contributed by atoms with Crippen LogP contribution in [0.2, 0.25) is 0 Å². The summed E-state index contributed by atoms with van der Waals surface area (Å²) in [6.45, 7) is 2.04. The zero-order valence-electron chi connectivity index (χ0n) is 7.49. The fourth-order valence-electron chi connectivity index (χ4n) is 0.853. The SMILES string of the molecule is CCOC(=N)C(O)c1csc(F)c1.Cl. The number of ether oxygens (including phenoxy) is 1. The second-order valence-corrected chi connectivity index (χ2v) is 3.25. The van der Waals surface area contributed by atoms with Gasteiger partial charge in [-0.05, 0) is 13.0 Å². The predicted molar refractivity (Wildman–Crippen MR) is 55.8 cm³/mol. The molecule has 0 aliphatic heterocycles. The van der Waals surface area contributed by atoms with Crippen molar-refractivity contribution in [2.45, 2.75) is 13.0 Å². The first-order chi connectivity index (χ1) is 6.15. The van der Waals surface area contributed by atoms with Gasteiger partial charge in [-0.15, -0.1) is 23.7 Å². The van der Waals surface area contributed by atoms with Crippen molar-refractivity contribution < 1.29 is 14.2 Å². The zero-order chi connectivity index (χ0) is 9.84. The lowest BCUT2D eigenvalue weighted by atomic mass is 10.2. The Hall–Kier alpha value is -0.650. The van der Waals surface area contributed by atoms with Crippen molar-refractivity contribution in [1.82, 2.24) is 0 Å². The Kier molecular flexibility index (Phi) is 5.68. The molecule has 14 heavy (non-hydrogen) atoms. The molecular formula is C8H11ClFNO2S. The van der Waals surface area contributed by atoms with E-state index in [1.54, 1.807) is 6.92 Å². The molecule has 0 spiro atoms. The van der Waals surface area contributed by atoms with Gasteiger partial charge in [0, 0.05) is 10.9 Å². The van der Waals surface area contributed by atoms with E-state index in [4.69, 9.17) is 10.1 Å². The number of halogens is 2. The minimum Gasteiger partial charge on any atom is -0.479 e. The van der Waals surface area contributed by atoms with Crippen LogP contribution in [0.4, 0.5) is 4.39 Å². The number of rotatable bonds is 3. The third-order valence-electron chi connectivity index (χ3n) is 1.45. The smallest absolute Gasteiger partial charge is 0.214 e. The lowest BCUT2D eigenvalue weighted by Crippen LogP contribution is -2.13. The van der Waals surface area contributed by atoms with Gasteiger partial charge in [-0.1, -0.05) is 0 Å². The third kappa shape index (κ3) is 3.25. The van der Waals surface area contributed by atoms with Crippen LogP contribution in [0, 0.1) is 10.5 Å². The molecule has 80 valence electrons. The average molecular weight is 240 g/mol. The molecule has 6 heteroatoms. The molecule has 0 aromatic carbocycles. The molecule has 0 amide bonds. The second-order valence-electron chi connectivity index (χ2n) is 2.38. The largest absolute Gasteiger partial charge is 0.479 e. The molecule has 1 rings (SSSR count). The highest BCUT2D eigenvalue weighted by atomic mass is 35.5. The first-order valence-corrected chi connectivity index (χ1v) is 4.66. The van der Waals surface area contributed by atoms with E-state index in [9.17, 15) is 9.50 Å². The van der Waals surface area contributed by atoms with Crippen molar-refractivity contribution in [3.8, 4) is 0 Å². The number of aliphatic hydroxyl groups excluding tert-OH is 1. The molecule has 1 atom stereocenters. The molecular weight excluding hydrogens is 229 g/mol. The molecule has 0 saturated carbocycles. The summed E-state index contributed by atoms with van der Waals surface area (Å²) in [5.74, 6) is -0.250. The highest BCUT2D eigenvalue weighted by Gasteiger charge is 2.16. The zero-order valence-corrected chi connectivity index (χ0v) is 9.12. The van der Waals surface area contributed by atoms with Crippen molar-refractivity contribution in [3.05, 3.63) is 22.1 Å². The first kappa shape index (κ1) is 13.4. The highest BCUT2D eigenvalue weighted by Crippen LogP contribution is 2.20. The summed E-state index contributed by atoms with van der Waals surface area (Å²) in [5.41, 5.74) is 0.362. The van der Waals surface area contributed by atoms with E-state index in [2.05, 4.69) is 0 Å². The van der Waals surface area contributed by atoms with Crippen molar-refractivity contribution in [2.24, 2.45) is 0 Å². The number of nitrogens with one attached hydrogen (secondary N) is 1. The Morgan fingerprint density at radius 3 is 2.86 bits per heavy atom. The Morgan fingerprint density at radius 2 is 2.43 bits per heavy atom. The second kappa shape index (κ2) is 5.95.